The Hall–Kier alpha value is -1.74. The van der Waals surface area contributed by atoms with E-state index in [0.29, 0.717) is 16.6 Å². The highest BCUT2D eigenvalue weighted by molar-refractivity contribution is 8.23. The van der Waals surface area contributed by atoms with Crippen LogP contribution in [-0.2, 0) is 29.0 Å². The smallest absolute Gasteiger partial charge is 0.267 e. The van der Waals surface area contributed by atoms with Gasteiger partial charge in [-0.2, -0.15) is 5.10 Å². The summed E-state index contributed by atoms with van der Waals surface area (Å²) in [6.07, 6.45) is 4.01. The van der Waals surface area contributed by atoms with E-state index in [-0.39, 0.29) is 30.5 Å². The second-order valence-corrected chi connectivity index (χ2v) is 7.38. The van der Waals surface area contributed by atoms with Gasteiger partial charge in [0.1, 0.15) is 10.9 Å². The topological polar surface area (TPSA) is 84.3 Å². The van der Waals surface area contributed by atoms with Crippen LogP contribution in [0.3, 0.4) is 0 Å². The van der Waals surface area contributed by atoms with Crippen LogP contribution in [0.15, 0.2) is 10.9 Å². The molecule has 0 saturated carbocycles. The molecule has 7 nitrogen and oxygen atoms in total. The van der Waals surface area contributed by atoms with Gasteiger partial charge in [0.25, 0.3) is 5.56 Å². The van der Waals surface area contributed by atoms with Crippen molar-refractivity contribution in [2.75, 3.05) is 18.8 Å². The molecule has 1 aromatic rings. The van der Waals surface area contributed by atoms with Gasteiger partial charge >= 0.3 is 0 Å². The number of nitrogens with zero attached hydrogens (tertiary/aromatic N) is 3. The van der Waals surface area contributed by atoms with Crippen molar-refractivity contribution >= 4 is 40.1 Å². The predicted molar refractivity (Wildman–Crippen MR) is 94.9 cm³/mol. The molecule has 24 heavy (non-hydrogen) atoms. The Kier molecular flexibility index (Phi) is 5.30. The largest absolute Gasteiger partial charge is 0.353 e. The molecule has 0 bridgehead atoms. The molecule has 0 radical (unpaired) electrons. The highest BCUT2D eigenvalue weighted by Gasteiger charge is 2.28. The zero-order chi connectivity index (χ0) is 17.1. The number of rotatable bonds is 5. The van der Waals surface area contributed by atoms with E-state index in [9.17, 15) is 14.4 Å². The minimum atomic E-state index is -0.292. The summed E-state index contributed by atoms with van der Waals surface area (Å²) in [5.74, 6) is -0.146. The van der Waals surface area contributed by atoms with Crippen LogP contribution in [0, 0.1) is 0 Å². The van der Waals surface area contributed by atoms with Gasteiger partial charge in [0, 0.05) is 12.6 Å². The number of thioether (sulfide) groups is 1. The van der Waals surface area contributed by atoms with E-state index in [1.165, 1.54) is 21.3 Å². The molecule has 1 aliphatic carbocycles. The van der Waals surface area contributed by atoms with Gasteiger partial charge in [-0.15, -0.1) is 0 Å². The van der Waals surface area contributed by atoms with Crippen molar-refractivity contribution in [3.05, 3.63) is 27.7 Å². The molecule has 2 heterocycles. The molecule has 1 fully saturated rings. The summed E-state index contributed by atoms with van der Waals surface area (Å²) in [5.41, 5.74) is 1.89. The minimum Gasteiger partial charge on any atom is -0.353 e. The number of carbonyl (C=O) groups excluding carboxylic acids is 2. The number of nitrogens with one attached hydrogen (secondary N) is 1. The number of aromatic nitrogens is 2. The number of amides is 2. The lowest BCUT2D eigenvalue weighted by atomic mass is 9.97. The van der Waals surface area contributed by atoms with E-state index in [1.807, 2.05) is 0 Å². The molecule has 9 heteroatoms. The SMILES string of the molecule is O=C(CN1C(=O)CSC1=S)NCCn1nc2c(cc1=O)CCCC2. The molecule has 2 amide bonds. The number of hydrogen-bond acceptors (Lipinski definition) is 6. The molecule has 0 aromatic carbocycles. The van der Waals surface area contributed by atoms with Crippen LogP contribution in [0.5, 0.6) is 0 Å². The Labute approximate surface area is 148 Å². The number of thiocarbonyl (C=S) groups is 1. The molecule has 3 rings (SSSR count). The van der Waals surface area contributed by atoms with Crippen LogP contribution >= 0.6 is 24.0 Å². The van der Waals surface area contributed by atoms with Crippen molar-refractivity contribution in [3.63, 3.8) is 0 Å². The minimum absolute atomic E-state index is 0.0722. The second kappa shape index (κ2) is 7.43. The van der Waals surface area contributed by atoms with Crippen molar-refractivity contribution in [2.24, 2.45) is 0 Å². The molecular formula is C15H18N4O3S2. The molecule has 128 valence electrons. The lowest BCUT2D eigenvalue weighted by molar-refractivity contribution is -0.129. The molecule has 2 aliphatic rings. The first kappa shape index (κ1) is 17.1. The predicted octanol–water partition coefficient (Wildman–Crippen LogP) is 0.0986. The van der Waals surface area contributed by atoms with E-state index in [0.717, 1.165) is 36.9 Å². The Morgan fingerprint density at radius 3 is 2.88 bits per heavy atom. The summed E-state index contributed by atoms with van der Waals surface area (Å²) in [6.45, 7) is 0.522. The van der Waals surface area contributed by atoms with E-state index in [1.54, 1.807) is 6.07 Å². The molecule has 0 unspecified atom stereocenters. The maximum Gasteiger partial charge on any atom is 0.267 e. The van der Waals surface area contributed by atoms with E-state index >= 15 is 0 Å². The van der Waals surface area contributed by atoms with Crippen LogP contribution in [0.2, 0.25) is 0 Å². The fourth-order valence-corrected chi connectivity index (χ4v) is 3.86. The van der Waals surface area contributed by atoms with Gasteiger partial charge in [0.15, 0.2) is 0 Å². The van der Waals surface area contributed by atoms with Gasteiger partial charge < -0.3 is 5.32 Å². The zero-order valence-electron chi connectivity index (χ0n) is 13.1. The monoisotopic (exact) mass is 366 g/mol. The fourth-order valence-electron chi connectivity index (χ4n) is 2.80. The first-order valence-corrected chi connectivity index (χ1v) is 9.28. The lowest BCUT2D eigenvalue weighted by Crippen LogP contribution is -2.41. The summed E-state index contributed by atoms with van der Waals surface area (Å²) in [4.78, 5) is 36.8. The van der Waals surface area contributed by atoms with Crippen molar-refractivity contribution < 1.29 is 9.59 Å². The molecule has 1 aliphatic heterocycles. The maximum absolute atomic E-state index is 12.0. The van der Waals surface area contributed by atoms with E-state index in [4.69, 9.17) is 12.2 Å². The van der Waals surface area contributed by atoms with Gasteiger partial charge in [0.05, 0.1) is 18.0 Å². The highest BCUT2D eigenvalue weighted by Crippen LogP contribution is 2.18. The summed E-state index contributed by atoms with van der Waals surface area (Å²) in [7, 11) is 0. The normalized spacial score (nSPS) is 17.1. The average molecular weight is 366 g/mol. The molecular weight excluding hydrogens is 348 g/mol. The van der Waals surface area contributed by atoms with Crippen molar-refractivity contribution in [3.8, 4) is 0 Å². The quantitative estimate of drug-likeness (QED) is 0.744. The average Bonchev–Trinajstić information content (AvgIpc) is 2.87. The van der Waals surface area contributed by atoms with E-state index < -0.39 is 0 Å². The van der Waals surface area contributed by atoms with Gasteiger partial charge in [-0.25, -0.2) is 4.68 Å². The molecule has 1 aromatic heterocycles. The third-order valence-electron chi connectivity index (χ3n) is 4.06. The van der Waals surface area contributed by atoms with Gasteiger partial charge in [0.2, 0.25) is 11.8 Å². The van der Waals surface area contributed by atoms with Crippen LogP contribution in [0.1, 0.15) is 24.1 Å². The van der Waals surface area contributed by atoms with Crippen LogP contribution in [0.4, 0.5) is 0 Å². The first-order chi connectivity index (χ1) is 11.5. The third-order valence-corrected chi connectivity index (χ3v) is 5.49. The van der Waals surface area contributed by atoms with Crippen LogP contribution < -0.4 is 10.9 Å². The highest BCUT2D eigenvalue weighted by atomic mass is 32.2. The number of aryl methyl sites for hydroxylation is 2. The number of fused-ring (bicyclic) bond motifs is 1. The Bertz CT molecular complexity index is 731. The van der Waals surface area contributed by atoms with Crippen LogP contribution in [0.25, 0.3) is 0 Å². The third kappa shape index (κ3) is 3.84. The summed E-state index contributed by atoms with van der Waals surface area (Å²) < 4.78 is 1.83. The summed E-state index contributed by atoms with van der Waals surface area (Å²) >= 11 is 6.30. The van der Waals surface area contributed by atoms with Crippen LogP contribution in [-0.4, -0.2) is 49.7 Å². The van der Waals surface area contributed by atoms with Crippen molar-refractivity contribution in [1.82, 2.24) is 20.0 Å². The fraction of sp³-hybridized carbons (Fsp3) is 0.533. The lowest BCUT2D eigenvalue weighted by Gasteiger charge is -2.16. The van der Waals surface area contributed by atoms with Crippen molar-refractivity contribution in [1.29, 1.82) is 0 Å². The first-order valence-electron chi connectivity index (χ1n) is 7.88. The molecule has 1 saturated heterocycles. The van der Waals surface area contributed by atoms with E-state index in [2.05, 4.69) is 10.4 Å². The van der Waals surface area contributed by atoms with Gasteiger partial charge in [-0.05, 0) is 31.2 Å². The summed E-state index contributed by atoms with van der Waals surface area (Å²) in [6, 6.07) is 1.65. The molecule has 0 atom stereocenters. The maximum atomic E-state index is 12.0. The Morgan fingerprint density at radius 2 is 2.12 bits per heavy atom. The Balaban J connectivity index is 1.53. The molecule has 1 N–H and O–H groups in total. The number of hydrogen-bond donors (Lipinski definition) is 1. The number of carbonyl (C=O) groups is 2. The standard InChI is InChI=1S/C15H18N4O3S2/c20-12(8-18-14(22)9-24-15(18)23)16-5-6-19-13(21)7-10-3-1-2-4-11(10)17-19/h7H,1-6,8-9H2,(H,16,20). The van der Waals surface area contributed by atoms with Gasteiger partial charge in [-0.3, -0.25) is 19.3 Å². The Morgan fingerprint density at radius 1 is 1.33 bits per heavy atom. The zero-order valence-corrected chi connectivity index (χ0v) is 14.8. The summed E-state index contributed by atoms with van der Waals surface area (Å²) in [5, 5.41) is 7.11. The van der Waals surface area contributed by atoms with Crippen molar-refractivity contribution in [2.45, 2.75) is 32.2 Å². The second-order valence-electron chi connectivity index (χ2n) is 5.77. The molecule has 0 spiro atoms. The van der Waals surface area contributed by atoms with Gasteiger partial charge in [-0.1, -0.05) is 24.0 Å².